The molecular weight excluding hydrogens is 194 g/mol. The van der Waals surface area contributed by atoms with E-state index in [1.165, 1.54) is 13.2 Å². The first-order chi connectivity index (χ1) is 7.13. The lowest BCUT2D eigenvalue weighted by Gasteiger charge is -2.00. The molecule has 0 spiro atoms. The molecule has 4 heteroatoms. The number of hydrogen-bond acceptors (Lipinski definition) is 3. The molecule has 84 valence electrons. The van der Waals surface area contributed by atoms with Gasteiger partial charge in [0, 0.05) is 6.08 Å². The van der Waals surface area contributed by atoms with Gasteiger partial charge in [0.05, 0.1) is 7.11 Å². The van der Waals surface area contributed by atoms with Gasteiger partial charge in [-0.3, -0.25) is 9.59 Å². The summed E-state index contributed by atoms with van der Waals surface area (Å²) in [5.74, 6) is -0.758. The summed E-state index contributed by atoms with van der Waals surface area (Å²) < 4.78 is 4.38. The van der Waals surface area contributed by atoms with E-state index in [-0.39, 0.29) is 12.5 Å². The molecule has 0 aromatic heterocycles. The van der Waals surface area contributed by atoms with Crippen LogP contribution in [0.25, 0.3) is 0 Å². The Balaban J connectivity index is 3.98. The summed E-state index contributed by atoms with van der Waals surface area (Å²) in [4.78, 5) is 21.9. The van der Waals surface area contributed by atoms with E-state index in [9.17, 15) is 9.59 Å². The lowest BCUT2D eigenvalue weighted by Crippen LogP contribution is -2.28. The molecule has 0 atom stereocenters. The Bertz CT molecular complexity index is 280. The molecule has 0 bridgehead atoms. The standard InChI is InChI=1S/C11H17NO3/c1-4-9(5-2)6-7-10(13)12-8-11(14)15-3/h4,6-7H,5,8H2,1-3H3,(H,12,13). The Morgan fingerprint density at radius 3 is 2.47 bits per heavy atom. The molecule has 0 aliphatic heterocycles. The number of allylic oxidation sites excluding steroid dienone is 3. The van der Waals surface area contributed by atoms with Crippen LogP contribution in [0.15, 0.2) is 23.8 Å². The smallest absolute Gasteiger partial charge is 0.325 e. The summed E-state index contributed by atoms with van der Waals surface area (Å²) >= 11 is 0. The van der Waals surface area contributed by atoms with Crippen molar-refractivity contribution in [1.82, 2.24) is 5.32 Å². The topological polar surface area (TPSA) is 55.4 Å². The van der Waals surface area contributed by atoms with E-state index in [4.69, 9.17) is 0 Å². The number of hydrogen-bond donors (Lipinski definition) is 1. The van der Waals surface area contributed by atoms with Gasteiger partial charge in [0.15, 0.2) is 0 Å². The molecule has 0 aliphatic carbocycles. The highest BCUT2D eigenvalue weighted by molar-refractivity contribution is 5.90. The SMILES string of the molecule is CC=C(C=CC(=O)NCC(=O)OC)CC. The number of rotatable bonds is 5. The molecule has 0 heterocycles. The average Bonchev–Trinajstić information content (AvgIpc) is 2.27. The van der Waals surface area contributed by atoms with Gasteiger partial charge >= 0.3 is 5.97 Å². The van der Waals surface area contributed by atoms with E-state index >= 15 is 0 Å². The average molecular weight is 211 g/mol. The number of ether oxygens (including phenoxy) is 1. The second-order valence-electron chi connectivity index (χ2n) is 2.84. The van der Waals surface area contributed by atoms with Crippen LogP contribution in [0.1, 0.15) is 20.3 Å². The van der Waals surface area contributed by atoms with Crippen LogP contribution in [0.5, 0.6) is 0 Å². The zero-order valence-electron chi connectivity index (χ0n) is 9.37. The van der Waals surface area contributed by atoms with Crippen LogP contribution in [0.2, 0.25) is 0 Å². The number of carbonyl (C=O) groups is 2. The lowest BCUT2D eigenvalue weighted by molar-refractivity contribution is -0.140. The van der Waals surface area contributed by atoms with Crippen molar-refractivity contribution in [2.75, 3.05) is 13.7 Å². The molecule has 0 rings (SSSR count). The largest absolute Gasteiger partial charge is 0.468 e. The predicted octanol–water partition coefficient (Wildman–Crippen LogP) is 1.19. The van der Waals surface area contributed by atoms with Crippen LogP contribution >= 0.6 is 0 Å². The second kappa shape index (κ2) is 7.79. The summed E-state index contributed by atoms with van der Waals surface area (Å²) in [6, 6.07) is 0. The third kappa shape index (κ3) is 6.49. The molecule has 0 saturated heterocycles. The molecule has 1 amide bonds. The van der Waals surface area contributed by atoms with Gasteiger partial charge in [0.2, 0.25) is 5.91 Å². The van der Waals surface area contributed by atoms with Crippen LogP contribution in [0.4, 0.5) is 0 Å². The first-order valence-electron chi connectivity index (χ1n) is 4.82. The number of carbonyl (C=O) groups excluding carboxylic acids is 2. The second-order valence-corrected chi connectivity index (χ2v) is 2.84. The fourth-order valence-corrected chi connectivity index (χ4v) is 0.891. The molecule has 4 nitrogen and oxygen atoms in total. The van der Waals surface area contributed by atoms with E-state index in [0.717, 1.165) is 12.0 Å². The van der Waals surface area contributed by atoms with Gasteiger partial charge in [-0.2, -0.15) is 0 Å². The molecule has 1 N–H and O–H groups in total. The zero-order valence-corrected chi connectivity index (χ0v) is 9.37. The molecule has 0 saturated carbocycles. The quantitative estimate of drug-likeness (QED) is 0.422. The highest BCUT2D eigenvalue weighted by Gasteiger charge is 2.01. The summed E-state index contributed by atoms with van der Waals surface area (Å²) in [6.07, 6.45) is 5.94. The van der Waals surface area contributed by atoms with Gasteiger partial charge in [-0.15, -0.1) is 0 Å². The third-order valence-corrected chi connectivity index (χ3v) is 1.86. The summed E-state index contributed by atoms with van der Waals surface area (Å²) in [5, 5.41) is 2.41. The number of methoxy groups -OCH3 is 1. The molecular formula is C11H17NO3. The summed E-state index contributed by atoms with van der Waals surface area (Å²) in [6.45, 7) is 3.82. The first-order valence-corrected chi connectivity index (χ1v) is 4.82. The maximum absolute atomic E-state index is 11.2. The van der Waals surface area contributed by atoms with Gasteiger partial charge in [-0.05, 0) is 13.3 Å². The van der Waals surface area contributed by atoms with E-state index in [1.54, 1.807) is 6.08 Å². The van der Waals surface area contributed by atoms with Crippen LogP contribution in [0, 0.1) is 0 Å². The molecule has 0 aromatic rings. The minimum atomic E-state index is -0.460. The Morgan fingerprint density at radius 2 is 2.00 bits per heavy atom. The van der Waals surface area contributed by atoms with E-state index in [0.29, 0.717) is 0 Å². The van der Waals surface area contributed by atoms with Gasteiger partial charge in [0.1, 0.15) is 6.54 Å². The Labute approximate surface area is 90.0 Å². The minimum Gasteiger partial charge on any atom is -0.468 e. The number of esters is 1. The lowest BCUT2D eigenvalue weighted by atomic mass is 10.2. The zero-order chi connectivity index (χ0) is 11.7. The Hall–Kier alpha value is -1.58. The van der Waals surface area contributed by atoms with Gasteiger partial charge in [-0.1, -0.05) is 24.6 Å². The molecule has 0 aliphatic rings. The molecule has 0 fully saturated rings. The normalized spacial score (nSPS) is 11.5. The van der Waals surface area contributed by atoms with Crippen molar-refractivity contribution in [2.45, 2.75) is 20.3 Å². The van der Waals surface area contributed by atoms with Crippen molar-refractivity contribution in [1.29, 1.82) is 0 Å². The van der Waals surface area contributed by atoms with Crippen LogP contribution in [-0.4, -0.2) is 25.5 Å². The van der Waals surface area contributed by atoms with Crippen molar-refractivity contribution < 1.29 is 14.3 Å². The summed E-state index contributed by atoms with van der Waals surface area (Å²) in [5.41, 5.74) is 1.07. The maximum atomic E-state index is 11.2. The highest BCUT2D eigenvalue weighted by Crippen LogP contribution is 2.00. The predicted molar refractivity (Wildman–Crippen MR) is 58.2 cm³/mol. The van der Waals surface area contributed by atoms with Crippen molar-refractivity contribution in [3.05, 3.63) is 23.8 Å². The highest BCUT2D eigenvalue weighted by atomic mass is 16.5. The molecule has 0 aromatic carbocycles. The molecule has 15 heavy (non-hydrogen) atoms. The Morgan fingerprint density at radius 1 is 1.33 bits per heavy atom. The fraction of sp³-hybridized carbons (Fsp3) is 0.455. The van der Waals surface area contributed by atoms with Crippen molar-refractivity contribution in [2.24, 2.45) is 0 Å². The monoisotopic (exact) mass is 211 g/mol. The third-order valence-electron chi connectivity index (χ3n) is 1.86. The summed E-state index contributed by atoms with van der Waals surface area (Å²) in [7, 11) is 1.28. The first kappa shape index (κ1) is 13.4. The molecule has 0 unspecified atom stereocenters. The number of amides is 1. The van der Waals surface area contributed by atoms with Crippen LogP contribution in [-0.2, 0) is 14.3 Å². The van der Waals surface area contributed by atoms with E-state index in [1.807, 2.05) is 19.9 Å². The minimum absolute atomic E-state index is 0.100. The maximum Gasteiger partial charge on any atom is 0.325 e. The fourth-order valence-electron chi connectivity index (χ4n) is 0.891. The van der Waals surface area contributed by atoms with Crippen LogP contribution in [0.3, 0.4) is 0 Å². The molecule has 0 radical (unpaired) electrons. The van der Waals surface area contributed by atoms with Gasteiger partial charge in [0.25, 0.3) is 0 Å². The van der Waals surface area contributed by atoms with E-state index < -0.39 is 5.97 Å². The van der Waals surface area contributed by atoms with Crippen molar-refractivity contribution >= 4 is 11.9 Å². The Kier molecular flexibility index (Phi) is 6.97. The number of nitrogens with one attached hydrogen (secondary N) is 1. The van der Waals surface area contributed by atoms with E-state index in [2.05, 4.69) is 10.1 Å². The van der Waals surface area contributed by atoms with Gasteiger partial charge < -0.3 is 10.1 Å². The van der Waals surface area contributed by atoms with Crippen molar-refractivity contribution in [3.8, 4) is 0 Å². The van der Waals surface area contributed by atoms with Crippen molar-refractivity contribution in [3.63, 3.8) is 0 Å². The van der Waals surface area contributed by atoms with Gasteiger partial charge in [-0.25, -0.2) is 0 Å². The van der Waals surface area contributed by atoms with Crippen LogP contribution < -0.4 is 5.32 Å².